The maximum absolute atomic E-state index is 12.6. The van der Waals surface area contributed by atoms with Crippen molar-refractivity contribution in [2.24, 2.45) is 0 Å². The smallest absolute Gasteiger partial charge is 0.279 e. The van der Waals surface area contributed by atoms with Gasteiger partial charge in [-0.3, -0.25) is 20.8 Å². The molecular weight excluding hydrogens is 304 g/mol. The van der Waals surface area contributed by atoms with E-state index < -0.39 is 18.8 Å². The van der Waals surface area contributed by atoms with Crippen molar-refractivity contribution in [3.05, 3.63) is 35.4 Å². The molecular formula is C15H23F2N5O. The van der Waals surface area contributed by atoms with Crippen LogP contribution < -0.4 is 26.7 Å². The molecule has 5 N–H and O–H groups in total. The standard InChI is InChI=1S/C15H23F2N5O/c1-9(20-12-8-18-6-7-19-12)10-2-4-11(5-3-10)14-21-15(13(16)17)23-22-14/h2-5,9,12-15,18-22H,6-8H2,1H3/t9-,12?,14?,15?/m1/s1. The van der Waals surface area contributed by atoms with Crippen molar-refractivity contribution in [2.45, 2.75) is 38.0 Å². The lowest BCUT2D eigenvalue weighted by molar-refractivity contribution is -0.0675. The van der Waals surface area contributed by atoms with E-state index in [9.17, 15) is 8.78 Å². The summed E-state index contributed by atoms with van der Waals surface area (Å²) in [5.74, 6) is 0. The molecule has 0 amide bonds. The molecule has 23 heavy (non-hydrogen) atoms. The summed E-state index contributed by atoms with van der Waals surface area (Å²) in [6.07, 6.45) is -4.01. The third-order valence-corrected chi connectivity index (χ3v) is 4.13. The molecule has 0 radical (unpaired) electrons. The van der Waals surface area contributed by atoms with Gasteiger partial charge in [-0.1, -0.05) is 24.3 Å². The van der Waals surface area contributed by atoms with Crippen LogP contribution in [0, 0.1) is 0 Å². The number of hydroxylamine groups is 1. The molecule has 0 saturated carbocycles. The Hall–Kier alpha value is -1.16. The van der Waals surface area contributed by atoms with Gasteiger partial charge in [-0.05, 0) is 18.1 Å². The maximum atomic E-state index is 12.6. The van der Waals surface area contributed by atoms with Gasteiger partial charge in [-0.25, -0.2) is 8.78 Å². The summed E-state index contributed by atoms with van der Waals surface area (Å²) in [6.45, 7) is 4.94. The molecule has 6 nitrogen and oxygen atoms in total. The molecule has 0 aliphatic carbocycles. The molecule has 0 aromatic heterocycles. The number of halogens is 2. The van der Waals surface area contributed by atoms with Gasteiger partial charge in [0.25, 0.3) is 6.43 Å². The molecule has 1 aromatic rings. The van der Waals surface area contributed by atoms with Crippen molar-refractivity contribution in [3.63, 3.8) is 0 Å². The van der Waals surface area contributed by atoms with Gasteiger partial charge in [-0.2, -0.15) is 5.48 Å². The molecule has 3 unspecified atom stereocenters. The van der Waals surface area contributed by atoms with Crippen LogP contribution in [0.3, 0.4) is 0 Å². The van der Waals surface area contributed by atoms with Crippen LogP contribution >= 0.6 is 0 Å². The third-order valence-electron chi connectivity index (χ3n) is 4.13. The van der Waals surface area contributed by atoms with Crippen molar-refractivity contribution in [2.75, 3.05) is 19.6 Å². The summed E-state index contributed by atoms with van der Waals surface area (Å²) < 4.78 is 25.1. The minimum atomic E-state index is -2.56. The molecule has 2 saturated heterocycles. The van der Waals surface area contributed by atoms with E-state index in [0.717, 1.165) is 30.8 Å². The Labute approximate surface area is 134 Å². The number of hydrogen-bond donors (Lipinski definition) is 5. The number of piperazine rings is 1. The van der Waals surface area contributed by atoms with Crippen molar-refractivity contribution in [1.29, 1.82) is 0 Å². The first-order chi connectivity index (χ1) is 11.1. The molecule has 3 rings (SSSR count). The van der Waals surface area contributed by atoms with Crippen molar-refractivity contribution >= 4 is 0 Å². The van der Waals surface area contributed by atoms with E-state index in [4.69, 9.17) is 4.84 Å². The molecule has 2 heterocycles. The first-order valence-electron chi connectivity index (χ1n) is 7.89. The predicted molar refractivity (Wildman–Crippen MR) is 82.5 cm³/mol. The fraction of sp³-hybridized carbons (Fsp3) is 0.600. The Balaban J connectivity index is 1.56. The average Bonchev–Trinajstić information content (AvgIpc) is 3.06. The topological polar surface area (TPSA) is 69.4 Å². The van der Waals surface area contributed by atoms with Crippen LogP contribution in [0.5, 0.6) is 0 Å². The summed E-state index contributed by atoms with van der Waals surface area (Å²) >= 11 is 0. The Bertz CT molecular complexity index is 495. The normalized spacial score (nSPS) is 29.8. The first kappa shape index (κ1) is 16.7. The number of nitrogens with one attached hydrogen (secondary N) is 5. The van der Waals surface area contributed by atoms with Crippen LogP contribution in [0.1, 0.15) is 30.3 Å². The number of benzene rings is 1. The summed E-state index contributed by atoms with van der Waals surface area (Å²) in [6, 6.07) is 8.03. The maximum Gasteiger partial charge on any atom is 0.279 e. The molecule has 0 spiro atoms. The Morgan fingerprint density at radius 2 is 2.00 bits per heavy atom. The Morgan fingerprint density at radius 3 is 2.61 bits per heavy atom. The van der Waals surface area contributed by atoms with Crippen LogP contribution in [-0.4, -0.2) is 38.5 Å². The molecule has 4 atom stereocenters. The van der Waals surface area contributed by atoms with Gasteiger partial charge in [0.15, 0.2) is 6.23 Å². The minimum absolute atomic E-state index is 0.191. The second-order valence-corrected chi connectivity index (χ2v) is 5.86. The molecule has 2 fully saturated rings. The summed E-state index contributed by atoms with van der Waals surface area (Å²) in [5, 5.41) is 13.0. The SMILES string of the molecule is C[C@@H](NC1CNCCN1)c1ccc(C2NOC(C(F)F)N2)cc1. The van der Waals surface area contributed by atoms with Crippen molar-refractivity contribution in [3.8, 4) is 0 Å². The molecule has 128 valence electrons. The third kappa shape index (κ3) is 4.23. The van der Waals surface area contributed by atoms with E-state index in [1.807, 2.05) is 24.3 Å². The zero-order chi connectivity index (χ0) is 16.2. The lowest BCUT2D eigenvalue weighted by Crippen LogP contribution is -2.55. The fourth-order valence-electron chi connectivity index (χ4n) is 2.81. The summed E-state index contributed by atoms with van der Waals surface area (Å²) in [7, 11) is 0. The highest BCUT2D eigenvalue weighted by atomic mass is 19.3. The van der Waals surface area contributed by atoms with E-state index in [0.29, 0.717) is 0 Å². The van der Waals surface area contributed by atoms with E-state index in [1.165, 1.54) is 0 Å². The van der Waals surface area contributed by atoms with E-state index >= 15 is 0 Å². The first-order valence-corrected chi connectivity index (χ1v) is 7.89. The van der Waals surface area contributed by atoms with Gasteiger partial charge >= 0.3 is 0 Å². The fourth-order valence-corrected chi connectivity index (χ4v) is 2.81. The molecule has 8 heteroatoms. The Morgan fingerprint density at radius 1 is 1.22 bits per heavy atom. The highest BCUT2D eigenvalue weighted by Gasteiger charge is 2.32. The van der Waals surface area contributed by atoms with Crippen molar-refractivity contribution < 1.29 is 13.6 Å². The number of hydrogen-bond acceptors (Lipinski definition) is 6. The van der Waals surface area contributed by atoms with Gasteiger partial charge in [0.1, 0.15) is 6.17 Å². The molecule has 2 aliphatic heterocycles. The summed E-state index contributed by atoms with van der Waals surface area (Å²) in [4.78, 5) is 4.82. The zero-order valence-electron chi connectivity index (χ0n) is 13.0. The Kier molecular flexibility index (Phi) is 5.52. The monoisotopic (exact) mass is 327 g/mol. The van der Waals surface area contributed by atoms with E-state index in [-0.39, 0.29) is 12.2 Å². The lowest BCUT2D eigenvalue weighted by atomic mass is 10.0. The number of alkyl halides is 2. The predicted octanol–water partition coefficient (Wildman–Crippen LogP) is 0.570. The van der Waals surface area contributed by atoms with E-state index in [2.05, 4.69) is 33.7 Å². The van der Waals surface area contributed by atoms with Crippen LogP contribution in [0.15, 0.2) is 24.3 Å². The van der Waals surface area contributed by atoms with Gasteiger partial charge in [0, 0.05) is 25.7 Å². The highest BCUT2D eigenvalue weighted by molar-refractivity contribution is 5.27. The zero-order valence-corrected chi connectivity index (χ0v) is 13.0. The van der Waals surface area contributed by atoms with Gasteiger partial charge < -0.3 is 5.32 Å². The summed E-state index contributed by atoms with van der Waals surface area (Å²) in [5.41, 5.74) is 4.60. The average molecular weight is 327 g/mol. The lowest BCUT2D eigenvalue weighted by Gasteiger charge is -2.28. The molecule has 0 bridgehead atoms. The number of rotatable bonds is 5. The minimum Gasteiger partial charge on any atom is -0.313 e. The molecule has 2 aliphatic rings. The second-order valence-electron chi connectivity index (χ2n) is 5.86. The second kappa shape index (κ2) is 7.61. The van der Waals surface area contributed by atoms with Gasteiger partial charge in [0.05, 0.1) is 6.17 Å². The van der Waals surface area contributed by atoms with Gasteiger partial charge in [0.2, 0.25) is 0 Å². The molecule has 1 aromatic carbocycles. The quantitative estimate of drug-likeness (QED) is 0.545. The highest BCUT2D eigenvalue weighted by Crippen LogP contribution is 2.21. The van der Waals surface area contributed by atoms with Crippen molar-refractivity contribution in [1.82, 2.24) is 26.7 Å². The van der Waals surface area contributed by atoms with Gasteiger partial charge in [-0.15, -0.1) is 0 Å². The van der Waals surface area contributed by atoms with E-state index in [1.54, 1.807) is 0 Å². The largest absolute Gasteiger partial charge is 0.313 e. The van der Waals surface area contributed by atoms with Crippen LogP contribution in [-0.2, 0) is 4.84 Å². The van der Waals surface area contributed by atoms with Crippen LogP contribution in [0.2, 0.25) is 0 Å². The van der Waals surface area contributed by atoms with Crippen LogP contribution in [0.4, 0.5) is 8.78 Å². The van der Waals surface area contributed by atoms with Crippen LogP contribution in [0.25, 0.3) is 0 Å².